The van der Waals surface area contributed by atoms with E-state index in [0.29, 0.717) is 12.0 Å². The molecule has 1 atom stereocenters. The maximum absolute atomic E-state index is 13.1. The monoisotopic (exact) mass is 271 g/mol. The van der Waals surface area contributed by atoms with Crippen molar-refractivity contribution in [1.29, 1.82) is 0 Å². The first-order chi connectivity index (χ1) is 9.15. The Balaban J connectivity index is 2.51. The molecule has 0 radical (unpaired) electrons. The van der Waals surface area contributed by atoms with Gasteiger partial charge in [-0.1, -0.05) is 6.92 Å². The van der Waals surface area contributed by atoms with E-state index in [1.54, 1.807) is 0 Å². The van der Waals surface area contributed by atoms with Crippen molar-refractivity contribution in [3.8, 4) is 0 Å². The smallest absolute Gasteiger partial charge is 0.126 e. The molecule has 0 spiro atoms. The van der Waals surface area contributed by atoms with Crippen molar-refractivity contribution in [1.82, 2.24) is 5.32 Å². The molecule has 0 saturated heterocycles. The van der Waals surface area contributed by atoms with Gasteiger partial charge in [-0.3, -0.25) is 0 Å². The fourth-order valence-corrected chi connectivity index (χ4v) is 2.15. The molecule has 0 aromatic heterocycles. The van der Waals surface area contributed by atoms with Crippen LogP contribution in [0.4, 0.5) is 8.78 Å². The van der Waals surface area contributed by atoms with Crippen molar-refractivity contribution in [3.63, 3.8) is 0 Å². The van der Waals surface area contributed by atoms with Crippen molar-refractivity contribution in [2.75, 3.05) is 19.8 Å². The van der Waals surface area contributed by atoms with Gasteiger partial charge in [-0.05, 0) is 50.4 Å². The van der Waals surface area contributed by atoms with E-state index >= 15 is 0 Å². The number of hydrogen-bond acceptors (Lipinski definition) is 2. The summed E-state index contributed by atoms with van der Waals surface area (Å²) in [4.78, 5) is 0. The Morgan fingerprint density at radius 1 is 1.16 bits per heavy atom. The predicted octanol–water partition coefficient (Wildman–Crippen LogP) is 3.30. The second kappa shape index (κ2) is 8.99. The van der Waals surface area contributed by atoms with Crippen LogP contribution >= 0.6 is 0 Å². The SMILES string of the molecule is CCNC(CCCOCC)Cc1cc(F)cc(F)c1. The number of halogens is 2. The van der Waals surface area contributed by atoms with Crippen molar-refractivity contribution in [2.24, 2.45) is 0 Å². The van der Waals surface area contributed by atoms with E-state index < -0.39 is 11.6 Å². The largest absolute Gasteiger partial charge is 0.382 e. The molecule has 2 nitrogen and oxygen atoms in total. The summed E-state index contributed by atoms with van der Waals surface area (Å²) in [7, 11) is 0. The highest BCUT2D eigenvalue weighted by Gasteiger charge is 2.10. The zero-order valence-corrected chi connectivity index (χ0v) is 11.7. The Morgan fingerprint density at radius 3 is 2.42 bits per heavy atom. The van der Waals surface area contributed by atoms with Gasteiger partial charge < -0.3 is 10.1 Å². The molecule has 1 N–H and O–H groups in total. The first-order valence-corrected chi connectivity index (χ1v) is 6.91. The molecular formula is C15H23F2NO. The van der Waals surface area contributed by atoms with Crippen molar-refractivity contribution >= 4 is 0 Å². The Kier molecular flexibility index (Phi) is 7.60. The van der Waals surface area contributed by atoms with Gasteiger partial charge in [0, 0.05) is 25.3 Å². The average molecular weight is 271 g/mol. The van der Waals surface area contributed by atoms with E-state index in [2.05, 4.69) is 5.32 Å². The standard InChI is InChI=1S/C15H23F2NO/c1-3-18-15(6-5-7-19-4-2)10-12-8-13(16)11-14(17)9-12/h8-9,11,15,18H,3-7,10H2,1-2H3. The number of benzene rings is 1. The molecule has 0 amide bonds. The van der Waals surface area contributed by atoms with Crippen LogP contribution < -0.4 is 5.32 Å². The number of likely N-dealkylation sites (N-methyl/N-ethyl adjacent to an activating group) is 1. The van der Waals surface area contributed by atoms with Gasteiger partial charge in [-0.25, -0.2) is 8.78 Å². The van der Waals surface area contributed by atoms with Gasteiger partial charge in [0.2, 0.25) is 0 Å². The van der Waals surface area contributed by atoms with Crippen molar-refractivity contribution < 1.29 is 13.5 Å². The molecule has 1 aromatic rings. The third-order valence-corrected chi connectivity index (χ3v) is 2.94. The summed E-state index contributed by atoms with van der Waals surface area (Å²) in [6.07, 6.45) is 2.52. The highest BCUT2D eigenvalue weighted by atomic mass is 19.1. The Morgan fingerprint density at radius 2 is 1.84 bits per heavy atom. The molecule has 0 saturated carbocycles. The third kappa shape index (κ3) is 6.64. The second-order valence-corrected chi connectivity index (χ2v) is 4.58. The van der Waals surface area contributed by atoms with Crippen LogP contribution in [-0.2, 0) is 11.2 Å². The van der Waals surface area contributed by atoms with Crippen molar-refractivity contribution in [3.05, 3.63) is 35.4 Å². The normalized spacial score (nSPS) is 12.6. The van der Waals surface area contributed by atoms with E-state index in [0.717, 1.165) is 38.7 Å². The lowest BCUT2D eigenvalue weighted by Crippen LogP contribution is -2.31. The van der Waals surface area contributed by atoms with Gasteiger partial charge in [0.15, 0.2) is 0 Å². The minimum atomic E-state index is -0.514. The number of hydrogen-bond donors (Lipinski definition) is 1. The third-order valence-electron chi connectivity index (χ3n) is 2.94. The topological polar surface area (TPSA) is 21.3 Å². The maximum Gasteiger partial charge on any atom is 0.126 e. The molecule has 0 fully saturated rings. The molecule has 1 aromatic carbocycles. The highest BCUT2D eigenvalue weighted by Crippen LogP contribution is 2.12. The first-order valence-electron chi connectivity index (χ1n) is 6.91. The number of nitrogens with one attached hydrogen (secondary N) is 1. The summed E-state index contributed by atoms with van der Waals surface area (Å²) in [5.41, 5.74) is 0.694. The predicted molar refractivity (Wildman–Crippen MR) is 73.3 cm³/mol. The van der Waals surface area contributed by atoms with Crippen LogP contribution in [0.25, 0.3) is 0 Å². The zero-order chi connectivity index (χ0) is 14.1. The lowest BCUT2D eigenvalue weighted by atomic mass is 10.0. The molecular weight excluding hydrogens is 248 g/mol. The fraction of sp³-hybridized carbons (Fsp3) is 0.600. The number of ether oxygens (including phenoxy) is 1. The Labute approximate surface area is 114 Å². The second-order valence-electron chi connectivity index (χ2n) is 4.58. The lowest BCUT2D eigenvalue weighted by Gasteiger charge is -2.18. The molecule has 0 bridgehead atoms. The van der Waals surface area contributed by atoms with Gasteiger partial charge >= 0.3 is 0 Å². The summed E-state index contributed by atoms with van der Waals surface area (Å²) >= 11 is 0. The minimum absolute atomic E-state index is 0.228. The molecule has 0 aliphatic heterocycles. The van der Waals surface area contributed by atoms with Crippen LogP contribution in [0, 0.1) is 11.6 Å². The Hall–Kier alpha value is -1.00. The first kappa shape index (κ1) is 16.1. The van der Waals surface area contributed by atoms with Crippen molar-refractivity contribution in [2.45, 2.75) is 39.2 Å². The molecule has 0 heterocycles. The van der Waals surface area contributed by atoms with E-state index in [1.807, 2.05) is 13.8 Å². The fourth-order valence-electron chi connectivity index (χ4n) is 2.15. The Bertz CT molecular complexity index is 351. The van der Waals surface area contributed by atoms with E-state index in [1.165, 1.54) is 12.1 Å². The zero-order valence-electron chi connectivity index (χ0n) is 11.7. The maximum atomic E-state index is 13.1. The van der Waals surface area contributed by atoms with Gasteiger partial charge in [0.25, 0.3) is 0 Å². The average Bonchev–Trinajstić information content (AvgIpc) is 2.33. The van der Waals surface area contributed by atoms with Gasteiger partial charge in [0.05, 0.1) is 0 Å². The quantitative estimate of drug-likeness (QED) is 0.696. The molecule has 1 rings (SSSR count). The number of rotatable bonds is 9. The van der Waals surface area contributed by atoms with Crippen LogP contribution in [-0.4, -0.2) is 25.8 Å². The van der Waals surface area contributed by atoms with E-state index in [9.17, 15) is 8.78 Å². The molecule has 1 unspecified atom stereocenters. The van der Waals surface area contributed by atoms with E-state index in [-0.39, 0.29) is 6.04 Å². The minimum Gasteiger partial charge on any atom is -0.382 e. The van der Waals surface area contributed by atoms with Crippen LogP contribution in [0.2, 0.25) is 0 Å². The van der Waals surface area contributed by atoms with Crippen LogP contribution in [0.15, 0.2) is 18.2 Å². The van der Waals surface area contributed by atoms with Gasteiger partial charge in [-0.15, -0.1) is 0 Å². The van der Waals surface area contributed by atoms with Crippen LogP contribution in [0.1, 0.15) is 32.3 Å². The highest BCUT2D eigenvalue weighted by molar-refractivity contribution is 5.18. The van der Waals surface area contributed by atoms with Crippen LogP contribution in [0.3, 0.4) is 0 Å². The lowest BCUT2D eigenvalue weighted by molar-refractivity contribution is 0.141. The van der Waals surface area contributed by atoms with Gasteiger partial charge in [0.1, 0.15) is 11.6 Å². The summed E-state index contributed by atoms with van der Waals surface area (Å²) in [6.45, 7) is 6.30. The molecule has 4 heteroatoms. The summed E-state index contributed by atoms with van der Waals surface area (Å²) in [6, 6.07) is 3.93. The summed E-state index contributed by atoms with van der Waals surface area (Å²) < 4.78 is 31.6. The molecule has 108 valence electrons. The van der Waals surface area contributed by atoms with E-state index in [4.69, 9.17) is 4.74 Å². The molecule has 0 aliphatic carbocycles. The van der Waals surface area contributed by atoms with Gasteiger partial charge in [-0.2, -0.15) is 0 Å². The summed E-state index contributed by atoms with van der Waals surface area (Å²) in [5.74, 6) is -1.03. The molecule has 19 heavy (non-hydrogen) atoms. The van der Waals surface area contributed by atoms with Crippen LogP contribution in [0.5, 0.6) is 0 Å². The summed E-state index contributed by atoms with van der Waals surface area (Å²) in [5, 5.41) is 3.35. The molecule has 0 aliphatic rings.